The van der Waals surface area contributed by atoms with E-state index >= 15 is 0 Å². The monoisotopic (exact) mass is 383 g/mol. The Morgan fingerprint density at radius 2 is 2.04 bits per heavy atom. The molecule has 0 aliphatic carbocycles. The lowest BCUT2D eigenvalue weighted by molar-refractivity contribution is -0.117. The van der Waals surface area contributed by atoms with Crippen LogP contribution in [0.5, 0.6) is 0 Å². The van der Waals surface area contributed by atoms with E-state index in [0.717, 1.165) is 22.9 Å². The minimum Gasteiger partial charge on any atom is -0.411 e. The van der Waals surface area contributed by atoms with Crippen molar-refractivity contribution in [3.05, 3.63) is 53.9 Å². The summed E-state index contributed by atoms with van der Waals surface area (Å²) in [6.07, 6.45) is 3.25. The molecule has 27 heavy (non-hydrogen) atoms. The number of thioether (sulfide) groups is 1. The summed E-state index contributed by atoms with van der Waals surface area (Å²) in [6.45, 7) is 3.85. The molecule has 0 saturated heterocycles. The van der Waals surface area contributed by atoms with Gasteiger partial charge in [0.25, 0.3) is 5.22 Å². The first-order valence-electron chi connectivity index (χ1n) is 8.06. The molecule has 0 fully saturated rings. The second-order valence-electron chi connectivity index (χ2n) is 5.72. The lowest BCUT2D eigenvalue weighted by Crippen LogP contribution is -2.35. The van der Waals surface area contributed by atoms with Crippen molar-refractivity contribution in [2.45, 2.75) is 19.1 Å². The predicted octanol–water partition coefficient (Wildman–Crippen LogP) is 3.19. The molecule has 2 heterocycles. The minimum absolute atomic E-state index is 0.0328. The number of hydrogen-bond acceptors (Lipinski definition) is 7. The van der Waals surface area contributed by atoms with E-state index in [1.54, 1.807) is 30.6 Å². The number of pyridine rings is 1. The Labute approximate surface area is 159 Å². The van der Waals surface area contributed by atoms with Gasteiger partial charge >= 0.3 is 6.03 Å². The molecule has 0 unspecified atom stereocenters. The van der Waals surface area contributed by atoms with Crippen LogP contribution in [-0.2, 0) is 4.79 Å². The van der Waals surface area contributed by atoms with E-state index in [2.05, 4.69) is 25.8 Å². The van der Waals surface area contributed by atoms with Gasteiger partial charge in [-0.3, -0.25) is 15.1 Å². The number of rotatable bonds is 5. The fourth-order valence-electron chi connectivity index (χ4n) is 2.27. The van der Waals surface area contributed by atoms with E-state index in [1.807, 2.05) is 26.0 Å². The van der Waals surface area contributed by atoms with Gasteiger partial charge in [-0.1, -0.05) is 29.5 Å². The Bertz CT molecular complexity index is 959. The number of nitrogens with one attached hydrogen (secondary N) is 2. The summed E-state index contributed by atoms with van der Waals surface area (Å²) in [5.74, 6) is -0.184. The molecule has 2 aromatic heterocycles. The number of amides is 3. The Morgan fingerprint density at radius 1 is 1.19 bits per heavy atom. The van der Waals surface area contributed by atoms with Gasteiger partial charge in [-0.15, -0.1) is 10.2 Å². The topological polar surface area (TPSA) is 110 Å². The summed E-state index contributed by atoms with van der Waals surface area (Å²) >= 11 is 1.04. The highest BCUT2D eigenvalue weighted by Gasteiger charge is 2.13. The average molecular weight is 383 g/mol. The number of aromatic nitrogens is 3. The van der Waals surface area contributed by atoms with Crippen molar-refractivity contribution in [1.29, 1.82) is 0 Å². The van der Waals surface area contributed by atoms with Crippen molar-refractivity contribution in [3.8, 4) is 11.5 Å². The molecular weight excluding hydrogens is 366 g/mol. The van der Waals surface area contributed by atoms with Gasteiger partial charge in [-0.25, -0.2) is 4.79 Å². The molecule has 0 aliphatic rings. The number of anilines is 1. The van der Waals surface area contributed by atoms with Crippen molar-refractivity contribution in [2.24, 2.45) is 0 Å². The van der Waals surface area contributed by atoms with Crippen LogP contribution in [0.2, 0.25) is 0 Å². The highest BCUT2D eigenvalue weighted by molar-refractivity contribution is 7.99. The molecule has 0 saturated carbocycles. The van der Waals surface area contributed by atoms with Crippen LogP contribution in [0.4, 0.5) is 10.5 Å². The summed E-state index contributed by atoms with van der Waals surface area (Å²) in [4.78, 5) is 27.9. The molecule has 0 radical (unpaired) electrons. The van der Waals surface area contributed by atoms with Gasteiger partial charge in [0.05, 0.1) is 11.3 Å². The van der Waals surface area contributed by atoms with Gasteiger partial charge in [-0.05, 0) is 37.6 Å². The number of hydrogen-bond donors (Lipinski definition) is 2. The quantitative estimate of drug-likeness (QED) is 0.651. The van der Waals surface area contributed by atoms with Crippen LogP contribution in [0.25, 0.3) is 11.5 Å². The molecule has 0 bridgehead atoms. The van der Waals surface area contributed by atoms with Crippen LogP contribution < -0.4 is 10.6 Å². The number of imide groups is 1. The zero-order chi connectivity index (χ0) is 19.2. The summed E-state index contributed by atoms with van der Waals surface area (Å²) in [5, 5.41) is 12.9. The van der Waals surface area contributed by atoms with Crippen LogP contribution in [0.3, 0.4) is 0 Å². The second kappa shape index (κ2) is 8.45. The molecule has 0 aliphatic heterocycles. The summed E-state index contributed by atoms with van der Waals surface area (Å²) in [6, 6.07) is 8.59. The first-order chi connectivity index (χ1) is 13.0. The Balaban J connectivity index is 1.49. The van der Waals surface area contributed by atoms with Crippen molar-refractivity contribution >= 4 is 29.4 Å². The van der Waals surface area contributed by atoms with E-state index in [1.165, 1.54) is 0 Å². The zero-order valence-corrected chi connectivity index (χ0v) is 15.5. The largest absolute Gasteiger partial charge is 0.411 e. The van der Waals surface area contributed by atoms with Crippen molar-refractivity contribution in [3.63, 3.8) is 0 Å². The zero-order valence-electron chi connectivity index (χ0n) is 14.7. The normalized spacial score (nSPS) is 10.4. The molecule has 1 aromatic carbocycles. The molecule has 9 heteroatoms. The van der Waals surface area contributed by atoms with Crippen LogP contribution >= 0.6 is 11.8 Å². The second-order valence-corrected chi connectivity index (χ2v) is 6.65. The number of carbonyl (C=O) groups excluding carboxylic acids is 2. The van der Waals surface area contributed by atoms with Crippen LogP contribution in [0.15, 0.2) is 52.4 Å². The predicted molar refractivity (Wildman–Crippen MR) is 101 cm³/mol. The van der Waals surface area contributed by atoms with Crippen LogP contribution in [0.1, 0.15) is 11.1 Å². The van der Waals surface area contributed by atoms with E-state index in [9.17, 15) is 9.59 Å². The Hall–Kier alpha value is -3.20. The van der Waals surface area contributed by atoms with Crippen molar-refractivity contribution < 1.29 is 14.0 Å². The third-order valence-corrected chi connectivity index (χ3v) is 4.34. The van der Waals surface area contributed by atoms with Gasteiger partial charge in [0.15, 0.2) is 0 Å². The number of benzene rings is 1. The third-order valence-electron chi connectivity index (χ3n) is 3.52. The molecule has 0 spiro atoms. The summed E-state index contributed by atoms with van der Waals surface area (Å²) in [7, 11) is 0. The average Bonchev–Trinajstić information content (AvgIpc) is 3.12. The third kappa shape index (κ3) is 5.14. The molecular formula is C18H17N5O3S. The maximum atomic E-state index is 11.9. The van der Waals surface area contributed by atoms with E-state index in [0.29, 0.717) is 17.1 Å². The first-order valence-corrected chi connectivity index (χ1v) is 9.04. The Kier molecular flexibility index (Phi) is 5.82. The highest BCUT2D eigenvalue weighted by atomic mass is 32.2. The highest BCUT2D eigenvalue weighted by Crippen LogP contribution is 2.22. The SMILES string of the molecule is Cc1ccc(NC(=O)NC(=O)CSc2nnc(-c3cccnc3)o2)c(C)c1. The van der Waals surface area contributed by atoms with Gasteiger partial charge in [0.1, 0.15) is 0 Å². The molecule has 3 aromatic rings. The number of urea groups is 1. The minimum atomic E-state index is -0.589. The summed E-state index contributed by atoms with van der Waals surface area (Å²) < 4.78 is 5.47. The fourth-order valence-corrected chi connectivity index (χ4v) is 2.83. The molecule has 0 atom stereocenters. The first kappa shape index (κ1) is 18.6. The maximum Gasteiger partial charge on any atom is 0.325 e. The van der Waals surface area contributed by atoms with E-state index in [4.69, 9.17) is 4.42 Å². The lowest BCUT2D eigenvalue weighted by atomic mass is 10.1. The standard InChI is InChI=1S/C18H17N5O3S/c1-11-5-6-14(12(2)8-11)20-17(25)21-15(24)10-27-18-23-22-16(26-18)13-4-3-7-19-9-13/h3-9H,10H2,1-2H3,(H2,20,21,24,25). The van der Waals surface area contributed by atoms with Gasteiger partial charge in [0.2, 0.25) is 11.8 Å². The van der Waals surface area contributed by atoms with E-state index in [-0.39, 0.29) is 11.0 Å². The van der Waals surface area contributed by atoms with Crippen molar-refractivity contribution in [2.75, 3.05) is 11.1 Å². The van der Waals surface area contributed by atoms with Crippen molar-refractivity contribution in [1.82, 2.24) is 20.5 Å². The fraction of sp³-hybridized carbons (Fsp3) is 0.167. The maximum absolute atomic E-state index is 11.9. The van der Waals surface area contributed by atoms with E-state index < -0.39 is 11.9 Å². The van der Waals surface area contributed by atoms with Crippen LogP contribution in [-0.4, -0.2) is 32.9 Å². The summed E-state index contributed by atoms with van der Waals surface area (Å²) in [5.41, 5.74) is 3.35. The molecule has 3 rings (SSSR count). The Morgan fingerprint density at radius 3 is 2.78 bits per heavy atom. The number of nitrogens with zero attached hydrogens (tertiary/aromatic N) is 3. The number of aryl methyl sites for hydroxylation is 2. The van der Waals surface area contributed by atoms with Gasteiger partial charge in [0, 0.05) is 18.1 Å². The molecule has 138 valence electrons. The molecule has 3 amide bonds. The van der Waals surface area contributed by atoms with Crippen LogP contribution in [0, 0.1) is 13.8 Å². The lowest BCUT2D eigenvalue weighted by Gasteiger charge is -2.09. The van der Waals surface area contributed by atoms with Gasteiger partial charge < -0.3 is 9.73 Å². The van der Waals surface area contributed by atoms with Gasteiger partial charge in [-0.2, -0.15) is 0 Å². The molecule has 8 nitrogen and oxygen atoms in total. The number of carbonyl (C=O) groups is 2. The molecule has 2 N–H and O–H groups in total. The smallest absolute Gasteiger partial charge is 0.325 e.